The fourth-order valence-electron chi connectivity index (χ4n) is 2.65. The zero-order chi connectivity index (χ0) is 15.1. The van der Waals surface area contributed by atoms with Crippen LogP contribution in [0.5, 0.6) is 5.75 Å². The lowest BCUT2D eigenvalue weighted by Crippen LogP contribution is -2.49. The summed E-state index contributed by atoms with van der Waals surface area (Å²) in [5.41, 5.74) is 0.353. The summed E-state index contributed by atoms with van der Waals surface area (Å²) < 4.78 is 5.49. The third-order valence-corrected chi connectivity index (χ3v) is 4.00. The van der Waals surface area contributed by atoms with Gasteiger partial charge >= 0.3 is 0 Å². The average Bonchev–Trinajstić information content (AvgIpc) is 3.01. The van der Waals surface area contributed by atoms with Gasteiger partial charge in [0.2, 0.25) is 0 Å². The van der Waals surface area contributed by atoms with Gasteiger partial charge < -0.3 is 20.3 Å². The molecule has 0 aromatic heterocycles. The number of nitrogens with one attached hydrogen (secondary N) is 1. The van der Waals surface area contributed by atoms with Crippen molar-refractivity contribution < 1.29 is 14.9 Å². The number of hydrogen-bond donors (Lipinski definition) is 3. The van der Waals surface area contributed by atoms with Crippen LogP contribution in [0.1, 0.15) is 31.2 Å². The van der Waals surface area contributed by atoms with Crippen molar-refractivity contribution in [1.29, 1.82) is 5.26 Å². The van der Waals surface area contributed by atoms with Crippen molar-refractivity contribution >= 4 is 0 Å². The molecule has 21 heavy (non-hydrogen) atoms. The molecule has 0 saturated heterocycles. The third kappa shape index (κ3) is 4.43. The number of benzene rings is 1. The summed E-state index contributed by atoms with van der Waals surface area (Å²) in [6, 6.07) is 8.83. The van der Waals surface area contributed by atoms with Gasteiger partial charge in [-0.2, -0.15) is 5.26 Å². The second-order valence-corrected chi connectivity index (χ2v) is 5.63. The zero-order valence-electron chi connectivity index (χ0n) is 12.1. The largest absolute Gasteiger partial charge is 0.491 e. The molecule has 1 fully saturated rings. The van der Waals surface area contributed by atoms with Crippen molar-refractivity contribution in [3.8, 4) is 11.8 Å². The number of β-amino-alcohol motifs (C(OH)–C–C–N with tert-alkyl or cyclic N) is 1. The number of ether oxygens (including phenoxy) is 1. The second kappa shape index (κ2) is 7.41. The van der Waals surface area contributed by atoms with Gasteiger partial charge in [-0.1, -0.05) is 12.8 Å². The average molecular weight is 290 g/mol. The van der Waals surface area contributed by atoms with E-state index in [0.29, 0.717) is 17.9 Å². The minimum atomic E-state index is -0.635. The van der Waals surface area contributed by atoms with Crippen LogP contribution in [-0.2, 0) is 0 Å². The molecule has 5 nitrogen and oxygen atoms in total. The van der Waals surface area contributed by atoms with Gasteiger partial charge in [0.05, 0.1) is 18.2 Å². The standard InChI is InChI=1S/C16H22N2O3/c17-9-13-3-5-15(6-4-13)21-11-14(20)10-18-16(12-19)7-1-2-8-16/h3-6,14,18-20H,1-2,7-8,10-12H2. The third-order valence-electron chi connectivity index (χ3n) is 4.00. The quantitative estimate of drug-likeness (QED) is 0.702. The number of aliphatic hydroxyl groups excluding tert-OH is 2. The van der Waals surface area contributed by atoms with Gasteiger partial charge in [0.25, 0.3) is 0 Å². The summed E-state index contributed by atoms with van der Waals surface area (Å²) in [5.74, 6) is 0.630. The van der Waals surface area contributed by atoms with E-state index in [0.717, 1.165) is 25.7 Å². The smallest absolute Gasteiger partial charge is 0.119 e. The van der Waals surface area contributed by atoms with Crippen molar-refractivity contribution in [2.45, 2.75) is 37.3 Å². The Morgan fingerprint density at radius 3 is 2.52 bits per heavy atom. The molecule has 2 rings (SSSR count). The first-order valence-electron chi connectivity index (χ1n) is 7.34. The minimum Gasteiger partial charge on any atom is -0.491 e. The first-order chi connectivity index (χ1) is 10.2. The van der Waals surface area contributed by atoms with E-state index in [1.165, 1.54) is 0 Å². The van der Waals surface area contributed by atoms with Crippen LogP contribution < -0.4 is 10.1 Å². The maximum absolute atomic E-state index is 9.96. The molecule has 1 aromatic rings. The molecular weight excluding hydrogens is 268 g/mol. The SMILES string of the molecule is N#Cc1ccc(OCC(O)CNC2(CO)CCCC2)cc1. The second-order valence-electron chi connectivity index (χ2n) is 5.63. The Kier molecular flexibility index (Phi) is 5.57. The predicted molar refractivity (Wildman–Crippen MR) is 78.9 cm³/mol. The lowest BCUT2D eigenvalue weighted by molar-refractivity contribution is 0.0850. The molecule has 0 aliphatic heterocycles. The zero-order valence-corrected chi connectivity index (χ0v) is 12.1. The number of aliphatic hydroxyl groups is 2. The highest BCUT2D eigenvalue weighted by Gasteiger charge is 2.32. The van der Waals surface area contributed by atoms with Crippen molar-refractivity contribution in [2.75, 3.05) is 19.8 Å². The summed E-state index contributed by atoms with van der Waals surface area (Å²) in [4.78, 5) is 0. The molecule has 1 aliphatic carbocycles. The Balaban J connectivity index is 1.74. The molecule has 1 aliphatic rings. The van der Waals surface area contributed by atoms with Gasteiger partial charge in [0, 0.05) is 12.1 Å². The van der Waals surface area contributed by atoms with Crippen LogP contribution in [0.4, 0.5) is 0 Å². The van der Waals surface area contributed by atoms with E-state index in [9.17, 15) is 10.2 Å². The van der Waals surface area contributed by atoms with E-state index in [2.05, 4.69) is 5.32 Å². The van der Waals surface area contributed by atoms with E-state index in [4.69, 9.17) is 10.00 Å². The minimum absolute atomic E-state index is 0.107. The first-order valence-corrected chi connectivity index (χ1v) is 7.34. The Hall–Kier alpha value is -1.61. The van der Waals surface area contributed by atoms with Crippen LogP contribution in [-0.4, -0.2) is 41.6 Å². The molecule has 3 N–H and O–H groups in total. The van der Waals surface area contributed by atoms with Gasteiger partial charge in [-0.05, 0) is 37.1 Å². The lowest BCUT2D eigenvalue weighted by Gasteiger charge is -2.29. The van der Waals surface area contributed by atoms with E-state index in [1.807, 2.05) is 6.07 Å². The molecule has 0 amide bonds. The fourth-order valence-corrected chi connectivity index (χ4v) is 2.65. The summed E-state index contributed by atoms with van der Waals surface area (Å²) in [7, 11) is 0. The maximum Gasteiger partial charge on any atom is 0.119 e. The van der Waals surface area contributed by atoms with E-state index < -0.39 is 6.10 Å². The van der Waals surface area contributed by atoms with Crippen LogP contribution in [0.25, 0.3) is 0 Å². The summed E-state index contributed by atoms with van der Waals surface area (Å²) in [5, 5.41) is 31.4. The highest BCUT2D eigenvalue weighted by molar-refractivity contribution is 5.34. The van der Waals surface area contributed by atoms with Crippen molar-refractivity contribution in [2.24, 2.45) is 0 Å². The van der Waals surface area contributed by atoms with Crippen LogP contribution in [0, 0.1) is 11.3 Å². The molecule has 0 bridgehead atoms. The number of rotatable bonds is 7. The first kappa shape index (κ1) is 15.8. The predicted octanol–water partition coefficient (Wildman–Crippen LogP) is 1.19. The molecule has 1 saturated carbocycles. The Morgan fingerprint density at radius 1 is 1.29 bits per heavy atom. The monoisotopic (exact) mass is 290 g/mol. The van der Waals surface area contributed by atoms with Gasteiger partial charge in [-0.25, -0.2) is 0 Å². The molecule has 0 spiro atoms. The van der Waals surface area contributed by atoms with Gasteiger partial charge in [-0.15, -0.1) is 0 Å². The van der Waals surface area contributed by atoms with Crippen LogP contribution in [0.3, 0.4) is 0 Å². The van der Waals surface area contributed by atoms with Gasteiger partial charge in [0.1, 0.15) is 18.5 Å². The molecule has 1 unspecified atom stereocenters. The van der Waals surface area contributed by atoms with E-state index in [1.54, 1.807) is 24.3 Å². The topological polar surface area (TPSA) is 85.5 Å². The summed E-state index contributed by atoms with van der Waals surface area (Å²) in [6.45, 7) is 0.688. The van der Waals surface area contributed by atoms with Crippen molar-refractivity contribution in [1.82, 2.24) is 5.32 Å². The number of nitriles is 1. The highest BCUT2D eigenvalue weighted by Crippen LogP contribution is 2.28. The maximum atomic E-state index is 9.96. The van der Waals surface area contributed by atoms with E-state index >= 15 is 0 Å². The summed E-state index contributed by atoms with van der Waals surface area (Å²) in [6.07, 6.45) is 3.50. The fraction of sp³-hybridized carbons (Fsp3) is 0.562. The van der Waals surface area contributed by atoms with Crippen LogP contribution in [0.2, 0.25) is 0 Å². The molecular formula is C16H22N2O3. The molecule has 0 heterocycles. The van der Waals surface area contributed by atoms with Gasteiger partial charge in [-0.3, -0.25) is 0 Å². The molecule has 5 heteroatoms. The highest BCUT2D eigenvalue weighted by atomic mass is 16.5. The Morgan fingerprint density at radius 2 is 1.95 bits per heavy atom. The van der Waals surface area contributed by atoms with Crippen molar-refractivity contribution in [3.63, 3.8) is 0 Å². The molecule has 114 valence electrons. The number of nitrogens with zero attached hydrogens (tertiary/aromatic N) is 1. The Labute approximate surface area is 125 Å². The lowest BCUT2D eigenvalue weighted by atomic mass is 9.99. The van der Waals surface area contributed by atoms with E-state index in [-0.39, 0.29) is 18.8 Å². The van der Waals surface area contributed by atoms with Crippen LogP contribution in [0.15, 0.2) is 24.3 Å². The molecule has 1 aromatic carbocycles. The van der Waals surface area contributed by atoms with Crippen LogP contribution >= 0.6 is 0 Å². The normalized spacial score (nSPS) is 18.1. The Bertz CT molecular complexity index is 475. The van der Waals surface area contributed by atoms with Crippen molar-refractivity contribution in [3.05, 3.63) is 29.8 Å². The molecule has 1 atom stereocenters. The van der Waals surface area contributed by atoms with Gasteiger partial charge in [0.15, 0.2) is 0 Å². The molecule has 0 radical (unpaired) electrons. The number of hydrogen-bond acceptors (Lipinski definition) is 5. The summed E-state index contributed by atoms with van der Waals surface area (Å²) >= 11 is 0.